The molecule has 0 aliphatic carbocycles. The molecule has 33 heavy (non-hydrogen) atoms. The second-order valence-corrected chi connectivity index (χ2v) is 8.50. The highest BCUT2D eigenvalue weighted by atomic mass is 32.1. The SMILES string of the molecule is O=C(Nc1cnn(Cc2cccc3ccccc23)c1)c1cc(COc2cccc(F)c2)cs1. The van der Waals surface area contributed by atoms with Gasteiger partial charge >= 0.3 is 0 Å². The summed E-state index contributed by atoms with van der Waals surface area (Å²) in [6.45, 7) is 0.869. The molecule has 0 aliphatic heterocycles. The lowest BCUT2D eigenvalue weighted by Crippen LogP contribution is -2.09. The zero-order chi connectivity index (χ0) is 22.6. The molecule has 5 aromatic rings. The maximum atomic E-state index is 13.3. The van der Waals surface area contributed by atoms with Crippen LogP contribution in [0.1, 0.15) is 20.8 Å². The maximum Gasteiger partial charge on any atom is 0.265 e. The number of ether oxygens (including phenoxy) is 1. The highest BCUT2D eigenvalue weighted by Crippen LogP contribution is 2.22. The quantitative estimate of drug-likeness (QED) is 0.320. The number of rotatable bonds is 7. The molecule has 0 atom stereocenters. The summed E-state index contributed by atoms with van der Waals surface area (Å²) in [7, 11) is 0. The Hall–Kier alpha value is -3.97. The molecule has 2 aromatic heterocycles. The molecule has 3 aromatic carbocycles. The average molecular weight is 458 g/mol. The van der Waals surface area contributed by atoms with E-state index in [9.17, 15) is 9.18 Å². The second-order valence-electron chi connectivity index (χ2n) is 7.58. The molecule has 5 rings (SSSR count). The molecule has 1 amide bonds. The van der Waals surface area contributed by atoms with Crippen molar-refractivity contribution in [2.75, 3.05) is 5.32 Å². The lowest BCUT2D eigenvalue weighted by molar-refractivity contribution is 0.103. The molecule has 0 fully saturated rings. The number of benzene rings is 3. The van der Waals surface area contributed by atoms with Gasteiger partial charge in [-0.05, 0) is 39.9 Å². The van der Waals surface area contributed by atoms with Crippen molar-refractivity contribution in [3.63, 3.8) is 0 Å². The van der Waals surface area contributed by atoms with Gasteiger partial charge in [0, 0.05) is 17.8 Å². The Labute approximate surface area is 194 Å². The summed E-state index contributed by atoms with van der Waals surface area (Å²) in [5, 5.41) is 11.5. The van der Waals surface area contributed by atoms with Gasteiger partial charge in [0.05, 0.1) is 23.3 Å². The summed E-state index contributed by atoms with van der Waals surface area (Å²) in [6, 6.07) is 22.2. The van der Waals surface area contributed by atoms with Crippen LogP contribution in [0.15, 0.2) is 90.6 Å². The van der Waals surface area contributed by atoms with E-state index in [4.69, 9.17) is 4.74 Å². The number of hydrogen-bond donors (Lipinski definition) is 1. The van der Waals surface area contributed by atoms with Crippen LogP contribution in [-0.2, 0) is 13.2 Å². The lowest BCUT2D eigenvalue weighted by Gasteiger charge is -2.06. The Bertz CT molecular complexity index is 1420. The number of anilines is 1. The topological polar surface area (TPSA) is 56.2 Å². The number of thiophene rings is 1. The van der Waals surface area contributed by atoms with E-state index in [-0.39, 0.29) is 18.3 Å². The fourth-order valence-corrected chi connectivity index (χ4v) is 4.40. The average Bonchev–Trinajstić information content (AvgIpc) is 3.48. The van der Waals surface area contributed by atoms with Crippen LogP contribution in [0.5, 0.6) is 5.75 Å². The van der Waals surface area contributed by atoms with Crippen LogP contribution in [0.25, 0.3) is 10.8 Å². The molecule has 7 heteroatoms. The van der Waals surface area contributed by atoms with Crippen molar-refractivity contribution >= 4 is 33.7 Å². The zero-order valence-electron chi connectivity index (χ0n) is 17.6. The minimum Gasteiger partial charge on any atom is -0.489 e. The molecule has 0 radical (unpaired) electrons. The van der Waals surface area contributed by atoms with Gasteiger partial charge in [0.25, 0.3) is 5.91 Å². The molecule has 2 heterocycles. The number of aromatic nitrogens is 2. The molecule has 0 aliphatic rings. The van der Waals surface area contributed by atoms with Crippen LogP contribution in [0.3, 0.4) is 0 Å². The van der Waals surface area contributed by atoms with Crippen molar-refractivity contribution in [3.8, 4) is 5.75 Å². The third-order valence-corrected chi connectivity index (χ3v) is 6.16. The van der Waals surface area contributed by atoms with Gasteiger partial charge in [-0.15, -0.1) is 11.3 Å². The number of carbonyl (C=O) groups excluding carboxylic acids is 1. The number of amides is 1. The summed E-state index contributed by atoms with van der Waals surface area (Å²) >= 11 is 1.33. The molecule has 0 saturated carbocycles. The van der Waals surface area contributed by atoms with Crippen LogP contribution >= 0.6 is 11.3 Å². The van der Waals surface area contributed by atoms with Gasteiger partial charge in [-0.2, -0.15) is 5.10 Å². The van der Waals surface area contributed by atoms with Crippen molar-refractivity contribution in [1.82, 2.24) is 9.78 Å². The van der Waals surface area contributed by atoms with Crippen molar-refractivity contribution in [3.05, 3.63) is 112 Å². The van der Waals surface area contributed by atoms with Crippen LogP contribution in [0.4, 0.5) is 10.1 Å². The number of hydrogen-bond acceptors (Lipinski definition) is 4. The summed E-state index contributed by atoms with van der Waals surface area (Å²) in [4.78, 5) is 13.2. The fraction of sp³-hybridized carbons (Fsp3) is 0.0769. The van der Waals surface area contributed by atoms with E-state index in [2.05, 4.69) is 34.7 Å². The molecular formula is C26H20FN3O2S. The van der Waals surface area contributed by atoms with Crippen LogP contribution < -0.4 is 10.1 Å². The number of carbonyl (C=O) groups is 1. The number of nitrogens with one attached hydrogen (secondary N) is 1. The van der Waals surface area contributed by atoms with Gasteiger partial charge in [-0.3, -0.25) is 9.48 Å². The largest absolute Gasteiger partial charge is 0.489 e. The van der Waals surface area contributed by atoms with Gasteiger partial charge in [0.2, 0.25) is 0 Å². The smallest absolute Gasteiger partial charge is 0.265 e. The highest BCUT2D eigenvalue weighted by Gasteiger charge is 2.12. The summed E-state index contributed by atoms with van der Waals surface area (Å²) < 4.78 is 20.7. The third kappa shape index (κ3) is 4.94. The van der Waals surface area contributed by atoms with Crippen molar-refractivity contribution in [2.24, 2.45) is 0 Å². The zero-order valence-corrected chi connectivity index (χ0v) is 18.4. The Kier molecular flexibility index (Phi) is 5.87. The lowest BCUT2D eigenvalue weighted by atomic mass is 10.0. The molecule has 5 nitrogen and oxygen atoms in total. The number of fused-ring (bicyclic) bond motifs is 1. The van der Waals surface area contributed by atoms with E-state index in [0.717, 1.165) is 11.1 Å². The first-order valence-electron chi connectivity index (χ1n) is 10.4. The monoisotopic (exact) mass is 457 g/mol. The maximum absolute atomic E-state index is 13.3. The van der Waals surface area contributed by atoms with E-state index < -0.39 is 0 Å². The van der Waals surface area contributed by atoms with E-state index in [1.165, 1.54) is 34.2 Å². The minimum atomic E-state index is -0.348. The first kappa shape index (κ1) is 20.9. The van der Waals surface area contributed by atoms with Gasteiger partial charge in [0.15, 0.2) is 0 Å². The van der Waals surface area contributed by atoms with Crippen LogP contribution in [-0.4, -0.2) is 15.7 Å². The predicted molar refractivity (Wildman–Crippen MR) is 128 cm³/mol. The molecule has 164 valence electrons. The molecule has 0 bridgehead atoms. The first-order chi connectivity index (χ1) is 16.1. The van der Waals surface area contributed by atoms with E-state index in [1.807, 2.05) is 34.5 Å². The second kappa shape index (κ2) is 9.26. The molecular weight excluding hydrogens is 437 g/mol. The Balaban J connectivity index is 1.21. The Morgan fingerprint density at radius 3 is 2.82 bits per heavy atom. The Morgan fingerprint density at radius 1 is 1.06 bits per heavy atom. The summed E-state index contributed by atoms with van der Waals surface area (Å²) in [5.74, 6) is -0.105. The molecule has 0 spiro atoms. The molecule has 0 unspecified atom stereocenters. The van der Waals surface area contributed by atoms with E-state index in [1.54, 1.807) is 24.4 Å². The van der Waals surface area contributed by atoms with Crippen molar-refractivity contribution < 1.29 is 13.9 Å². The van der Waals surface area contributed by atoms with Gasteiger partial charge in [-0.1, -0.05) is 48.5 Å². The number of nitrogens with zero attached hydrogens (tertiary/aromatic N) is 2. The van der Waals surface area contributed by atoms with Crippen molar-refractivity contribution in [2.45, 2.75) is 13.2 Å². The molecule has 1 N–H and O–H groups in total. The molecule has 0 saturated heterocycles. The number of halogens is 1. The van der Waals surface area contributed by atoms with Gasteiger partial charge < -0.3 is 10.1 Å². The standard InChI is InChI=1S/C26H20FN3O2S/c27-21-8-4-9-23(12-21)32-16-18-11-25(33-17-18)26(31)29-22-13-28-30(15-22)14-20-7-3-6-19-5-1-2-10-24(19)20/h1-13,15,17H,14,16H2,(H,29,31). The summed E-state index contributed by atoms with van der Waals surface area (Å²) in [5.41, 5.74) is 2.64. The van der Waals surface area contributed by atoms with Crippen molar-refractivity contribution in [1.29, 1.82) is 0 Å². The minimum absolute atomic E-state index is 0.207. The highest BCUT2D eigenvalue weighted by molar-refractivity contribution is 7.12. The van der Waals surface area contributed by atoms with Gasteiger partial charge in [0.1, 0.15) is 18.2 Å². The van der Waals surface area contributed by atoms with Crippen LogP contribution in [0.2, 0.25) is 0 Å². The van der Waals surface area contributed by atoms with E-state index in [0.29, 0.717) is 22.9 Å². The first-order valence-corrected chi connectivity index (χ1v) is 11.3. The normalized spacial score (nSPS) is 10.9. The van der Waals surface area contributed by atoms with Crippen LogP contribution in [0, 0.1) is 5.82 Å². The predicted octanol–water partition coefficient (Wildman–Crippen LogP) is 6.12. The van der Waals surface area contributed by atoms with E-state index >= 15 is 0 Å². The Morgan fingerprint density at radius 2 is 1.91 bits per heavy atom. The van der Waals surface area contributed by atoms with Gasteiger partial charge in [-0.25, -0.2) is 4.39 Å². The fourth-order valence-electron chi connectivity index (χ4n) is 3.61. The summed E-state index contributed by atoms with van der Waals surface area (Å²) in [6.07, 6.45) is 3.46. The third-order valence-electron chi connectivity index (χ3n) is 5.18.